The average molecular weight is 375 g/mol. The Bertz CT molecular complexity index is 982. The van der Waals surface area contributed by atoms with Gasteiger partial charge in [0.15, 0.2) is 0 Å². The van der Waals surface area contributed by atoms with Crippen LogP contribution in [0, 0.1) is 5.92 Å². The molecule has 1 aliphatic rings. The van der Waals surface area contributed by atoms with Crippen LogP contribution < -0.4 is 15.4 Å². The van der Waals surface area contributed by atoms with Crippen molar-refractivity contribution in [1.82, 2.24) is 20.1 Å². The summed E-state index contributed by atoms with van der Waals surface area (Å²) in [5.74, 6) is 0.660. The first kappa shape index (κ1) is 17.8. The smallest absolute Gasteiger partial charge is 0.231 e. The van der Waals surface area contributed by atoms with Crippen molar-refractivity contribution in [1.29, 1.82) is 0 Å². The molecule has 2 N–H and O–H groups in total. The van der Waals surface area contributed by atoms with Gasteiger partial charge in [0.25, 0.3) is 0 Å². The lowest BCUT2D eigenvalue weighted by Gasteiger charge is -2.33. The van der Waals surface area contributed by atoms with E-state index in [4.69, 9.17) is 4.74 Å². The van der Waals surface area contributed by atoms with Crippen molar-refractivity contribution in [3.63, 3.8) is 0 Å². The molecular weight excluding hydrogens is 354 g/mol. The molecule has 2 atom stereocenters. The van der Waals surface area contributed by atoms with E-state index >= 15 is 0 Å². The Morgan fingerprint density at radius 3 is 2.68 bits per heavy atom. The zero-order valence-corrected chi connectivity index (χ0v) is 15.5. The summed E-state index contributed by atoms with van der Waals surface area (Å²) < 4.78 is 6.98. The molecule has 0 aliphatic carbocycles. The van der Waals surface area contributed by atoms with Crippen LogP contribution in [0.1, 0.15) is 17.2 Å². The molecule has 3 aromatic rings. The third-order valence-corrected chi connectivity index (χ3v) is 4.85. The molecule has 7 heteroatoms. The number of nitrogens with one attached hydrogen (secondary N) is 2. The minimum Gasteiger partial charge on any atom is -0.497 e. The maximum atomic E-state index is 13.1. The van der Waals surface area contributed by atoms with Gasteiger partial charge < -0.3 is 15.4 Å². The maximum absolute atomic E-state index is 13.1. The number of fused-ring (bicyclic) bond motifs is 1. The summed E-state index contributed by atoms with van der Waals surface area (Å²) in [5, 5.41) is 10.5. The third kappa shape index (κ3) is 3.34. The molecule has 28 heavy (non-hydrogen) atoms. The zero-order valence-electron chi connectivity index (χ0n) is 15.5. The van der Waals surface area contributed by atoms with Crippen molar-refractivity contribution in [2.75, 3.05) is 12.4 Å². The molecule has 1 aromatic heterocycles. The minimum absolute atomic E-state index is 0.122. The molecule has 4 rings (SSSR count). The molecular formula is C21H21N5O2. The van der Waals surface area contributed by atoms with Crippen molar-refractivity contribution in [2.24, 2.45) is 5.92 Å². The van der Waals surface area contributed by atoms with Crippen LogP contribution in [0.5, 0.6) is 5.75 Å². The molecule has 0 fully saturated rings. The van der Waals surface area contributed by atoms with E-state index in [1.54, 1.807) is 11.8 Å². The number of anilines is 1. The maximum Gasteiger partial charge on any atom is 0.231 e. The Morgan fingerprint density at radius 2 is 1.96 bits per heavy atom. The first-order chi connectivity index (χ1) is 13.7. The summed E-state index contributed by atoms with van der Waals surface area (Å²) in [4.78, 5) is 17.3. The molecule has 0 saturated heterocycles. The highest BCUT2D eigenvalue weighted by atomic mass is 16.5. The SMILES string of the molecule is C=C1Nc2ncnn2[C@H](c2ccc(OC)cc2)[C@@H]1C(=O)NCc1ccccc1. The number of carbonyl (C=O) groups is 1. The number of methoxy groups -OCH3 is 1. The molecule has 0 unspecified atom stereocenters. The van der Waals surface area contributed by atoms with Gasteiger partial charge in [-0.2, -0.15) is 10.1 Å². The van der Waals surface area contributed by atoms with E-state index in [0.29, 0.717) is 18.2 Å². The first-order valence-electron chi connectivity index (χ1n) is 8.98. The van der Waals surface area contributed by atoms with Crippen LogP contribution in [0.3, 0.4) is 0 Å². The van der Waals surface area contributed by atoms with Crippen molar-refractivity contribution < 1.29 is 9.53 Å². The fourth-order valence-corrected chi connectivity index (χ4v) is 3.43. The number of ether oxygens (including phenoxy) is 1. The number of nitrogens with zero attached hydrogens (tertiary/aromatic N) is 3. The fourth-order valence-electron chi connectivity index (χ4n) is 3.43. The normalized spacial score (nSPS) is 18.1. The van der Waals surface area contributed by atoms with E-state index in [2.05, 4.69) is 27.3 Å². The van der Waals surface area contributed by atoms with Gasteiger partial charge in [-0.25, -0.2) is 4.68 Å². The van der Waals surface area contributed by atoms with E-state index in [1.165, 1.54) is 6.33 Å². The lowest BCUT2D eigenvalue weighted by molar-refractivity contribution is -0.125. The highest BCUT2D eigenvalue weighted by Crippen LogP contribution is 2.37. The van der Waals surface area contributed by atoms with Gasteiger partial charge in [0.05, 0.1) is 13.2 Å². The standard InChI is InChI=1S/C21H21N5O2/c1-14-18(20(27)22-12-15-6-4-3-5-7-15)19(26-21(25-14)23-13-24-26)16-8-10-17(28-2)11-9-16/h3-11,13,18-19H,1,12H2,2H3,(H,22,27)(H,23,24,25)/t18-,19-/m1/s1. The van der Waals surface area contributed by atoms with Crippen LogP contribution in [0.4, 0.5) is 5.95 Å². The molecule has 1 amide bonds. The predicted octanol–water partition coefficient (Wildman–Crippen LogP) is 2.75. The number of aromatic nitrogens is 3. The van der Waals surface area contributed by atoms with Gasteiger partial charge >= 0.3 is 0 Å². The summed E-state index contributed by atoms with van der Waals surface area (Å²) >= 11 is 0. The molecule has 2 heterocycles. The Hall–Kier alpha value is -3.61. The number of hydrogen-bond acceptors (Lipinski definition) is 5. The minimum atomic E-state index is -0.536. The summed E-state index contributed by atoms with van der Waals surface area (Å²) in [6, 6.07) is 17.1. The topological polar surface area (TPSA) is 81.1 Å². The Labute approximate surface area is 163 Å². The van der Waals surface area contributed by atoms with Crippen LogP contribution in [0.2, 0.25) is 0 Å². The first-order valence-corrected chi connectivity index (χ1v) is 8.98. The van der Waals surface area contributed by atoms with Crippen molar-refractivity contribution >= 4 is 11.9 Å². The third-order valence-electron chi connectivity index (χ3n) is 4.85. The monoisotopic (exact) mass is 375 g/mol. The van der Waals surface area contributed by atoms with Gasteiger partial charge in [0.2, 0.25) is 11.9 Å². The second-order valence-electron chi connectivity index (χ2n) is 6.58. The van der Waals surface area contributed by atoms with Crippen LogP contribution in [0.25, 0.3) is 0 Å². The Morgan fingerprint density at radius 1 is 1.21 bits per heavy atom. The van der Waals surface area contributed by atoms with E-state index in [0.717, 1.165) is 16.9 Å². The second kappa shape index (κ2) is 7.56. The van der Waals surface area contributed by atoms with Crippen LogP contribution in [0.15, 0.2) is 73.2 Å². The Balaban J connectivity index is 1.64. The summed E-state index contributed by atoms with van der Waals surface area (Å²) in [5.41, 5.74) is 2.55. The molecule has 7 nitrogen and oxygen atoms in total. The van der Waals surface area contributed by atoms with Gasteiger partial charge in [0, 0.05) is 12.2 Å². The highest BCUT2D eigenvalue weighted by Gasteiger charge is 2.39. The molecule has 142 valence electrons. The second-order valence-corrected chi connectivity index (χ2v) is 6.58. The zero-order chi connectivity index (χ0) is 19.5. The van der Waals surface area contributed by atoms with Crippen LogP contribution >= 0.6 is 0 Å². The van der Waals surface area contributed by atoms with Crippen molar-refractivity contribution in [3.8, 4) is 5.75 Å². The number of benzene rings is 2. The fraction of sp³-hybridized carbons (Fsp3) is 0.190. The molecule has 1 aliphatic heterocycles. The highest BCUT2D eigenvalue weighted by molar-refractivity contribution is 5.84. The van der Waals surface area contributed by atoms with Gasteiger partial charge in [-0.15, -0.1) is 0 Å². The summed E-state index contributed by atoms with van der Waals surface area (Å²) in [6.45, 7) is 4.53. The van der Waals surface area contributed by atoms with E-state index in [1.807, 2.05) is 54.6 Å². The van der Waals surface area contributed by atoms with Gasteiger partial charge in [-0.3, -0.25) is 4.79 Å². The van der Waals surface area contributed by atoms with Crippen molar-refractivity contribution in [2.45, 2.75) is 12.6 Å². The number of rotatable bonds is 5. The van der Waals surface area contributed by atoms with Crippen molar-refractivity contribution in [3.05, 3.63) is 84.3 Å². The van der Waals surface area contributed by atoms with E-state index in [9.17, 15) is 4.79 Å². The molecule has 0 spiro atoms. The van der Waals surface area contributed by atoms with E-state index < -0.39 is 5.92 Å². The number of carbonyl (C=O) groups excluding carboxylic acids is 1. The Kier molecular flexibility index (Phi) is 4.80. The quantitative estimate of drug-likeness (QED) is 0.717. The van der Waals surface area contributed by atoms with Gasteiger partial charge in [-0.05, 0) is 23.3 Å². The summed E-state index contributed by atoms with van der Waals surface area (Å²) in [6.07, 6.45) is 1.47. The van der Waals surface area contributed by atoms with E-state index in [-0.39, 0.29) is 11.9 Å². The number of amides is 1. The van der Waals surface area contributed by atoms with Crippen LogP contribution in [-0.2, 0) is 11.3 Å². The van der Waals surface area contributed by atoms with Crippen LogP contribution in [-0.4, -0.2) is 27.8 Å². The summed E-state index contributed by atoms with van der Waals surface area (Å²) in [7, 11) is 1.62. The molecule has 2 aromatic carbocycles. The molecule has 0 bridgehead atoms. The number of hydrogen-bond donors (Lipinski definition) is 2. The average Bonchev–Trinajstić information content (AvgIpc) is 3.20. The lowest BCUT2D eigenvalue weighted by Crippen LogP contribution is -2.42. The van der Waals surface area contributed by atoms with Gasteiger partial charge in [-0.1, -0.05) is 49.0 Å². The molecule has 0 radical (unpaired) electrons. The molecule has 0 saturated carbocycles. The largest absolute Gasteiger partial charge is 0.497 e. The van der Waals surface area contributed by atoms with Gasteiger partial charge in [0.1, 0.15) is 18.0 Å². The lowest BCUT2D eigenvalue weighted by atomic mass is 9.88. The predicted molar refractivity (Wildman–Crippen MR) is 106 cm³/mol.